The summed E-state index contributed by atoms with van der Waals surface area (Å²) in [6.07, 6.45) is -2.87. The van der Waals surface area contributed by atoms with Crippen molar-refractivity contribution >= 4 is 0 Å². The molecular weight excluding hydrogens is 143 g/mol. The van der Waals surface area contributed by atoms with E-state index in [2.05, 4.69) is 4.74 Å². The fraction of sp³-hybridized carbons (Fsp3) is 1.00. The molecule has 4 nitrogen and oxygen atoms in total. The number of hydrogen-bond donors (Lipinski definition) is 3. The Balaban J connectivity index is 2.64. The first-order valence-electron chi connectivity index (χ1n) is 2.91. The molecule has 1 saturated heterocycles. The maximum Gasteiger partial charge on any atom is 0.263 e. The normalized spacial score (nSPS) is 48.0. The van der Waals surface area contributed by atoms with Gasteiger partial charge in [-0.1, -0.05) is 0 Å². The number of aliphatic hydroxyl groups is 3. The molecule has 3 atom stereocenters. The van der Waals surface area contributed by atoms with Crippen LogP contribution in [0.2, 0.25) is 0 Å². The Morgan fingerprint density at radius 2 is 2.30 bits per heavy atom. The van der Waals surface area contributed by atoms with Gasteiger partial charge in [-0.15, -0.1) is 0 Å². The van der Waals surface area contributed by atoms with Gasteiger partial charge in [-0.05, 0) is 0 Å². The van der Waals surface area contributed by atoms with Gasteiger partial charge < -0.3 is 20.1 Å². The summed E-state index contributed by atoms with van der Waals surface area (Å²) < 4.78 is 17.2. The zero-order valence-corrected chi connectivity index (χ0v) is 5.20. The largest absolute Gasteiger partial charge is 0.393 e. The average Bonchev–Trinajstić information content (AvgIpc) is 2.10. The number of halogens is 1. The topological polar surface area (TPSA) is 69.9 Å². The molecule has 0 saturated carbocycles. The van der Waals surface area contributed by atoms with Crippen LogP contribution in [0.3, 0.4) is 0 Å². The molecule has 5 heteroatoms. The highest BCUT2D eigenvalue weighted by Crippen LogP contribution is 2.26. The summed E-state index contributed by atoms with van der Waals surface area (Å²) in [5.74, 6) is -2.80. The van der Waals surface area contributed by atoms with E-state index in [0.717, 1.165) is 0 Å². The predicted molar refractivity (Wildman–Crippen MR) is 28.9 cm³/mol. The van der Waals surface area contributed by atoms with Crippen molar-refractivity contribution in [3.63, 3.8) is 0 Å². The van der Waals surface area contributed by atoms with Gasteiger partial charge in [0.15, 0.2) is 0 Å². The molecule has 1 heterocycles. The molecular formula is C5H9FO4. The minimum absolute atomic E-state index is 0.280. The van der Waals surface area contributed by atoms with Crippen molar-refractivity contribution in [2.75, 3.05) is 13.2 Å². The lowest BCUT2D eigenvalue weighted by Crippen LogP contribution is -2.44. The van der Waals surface area contributed by atoms with Crippen molar-refractivity contribution < 1.29 is 24.4 Å². The van der Waals surface area contributed by atoms with Crippen LogP contribution in [0, 0.1) is 0 Å². The molecule has 1 rings (SSSR count). The van der Waals surface area contributed by atoms with E-state index in [1.54, 1.807) is 0 Å². The molecule has 0 aromatic carbocycles. The lowest BCUT2D eigenvalue weighted by molar-refractivity contribution is -0.181. The Bertz CT molecular complexity index is 127. The van der Waals surface area contributed by atoms with Gasteiger partial charge in [0.2, 0.25) is 0 Å². The van der Waals surface area contributed by atoms with Crippen LogP contribution in [-0.4, -0.2) is 46.6 Å². The van der Waals surface area contributed by atoms with E-state index in [1.165, 1.54) is 0 Å². The first-order valence-corrected chi connectivity index (χ1v) is 2.91. The summed E-state index contributed by atoms with van der Waals surface area (Å²) in [5.41, 5.74) is 0. The summed E-state index contributed by atoms with van der Waals surface area (Å²) in [6, 6.07) is 0. The standard InChI is InChI=1S/C5H9FO4/c6-5(9)3(8)2-10-4(5)1-7/h3-4,7-9H,1-2H2/t3-,4-,5+/m1/s1. The number of rotatable bonds is 1. The molecule has 0 bridgehead atoms. The molecule has 0 amide bonds. The molecule has 60 valence electrons. The van der Waals surface area contributed by atoms with E-state index in [0.29, 0.717) is 0 Å². The fourth-order valence-electron chi connectivity index (χ4n) is 0.836. The summed E-state index contributed by atoms with van der Waals surface area (Å²) in [6.45, 7) is -0.914. The van der Waals surface area contributed by atoms with Crippen molar-refractivity contribution in [2.45, 2.75) is 18.1 Å². The van der Waals surface area contributed by atoms with Crippen LogP contribution >= 0.6 is 0 Å². The van der Waals surface area contributed by atoms with Gasteiger partial charge in [-0.2, -0.15) is 0 Å². The second kappa shape index (κ2) is 2.43. The summed E-state index contributed by atoms with van der Waals surface area (Å²) in [7, 11) is 0. The second-order valence-electron chi connectivity index (χ2n) is 2.25. The van der Waals surface area contributed by atoms with Crippen LogP contribution in [0.4, 0.5) is 4.39 Å². The maximum absolute atomic E-state index is 12.7. The molecule has 1 aliphatic heterocycles. The molecule has 0 aromatic heterocycles. The van der Waals surface area contributed by atoms with Crippen molar-refractivity contribution in [3.8, 4) is 0 Å². The van der Waals surface area contributed by atoms with Gasteiger partial charge in [0.25, 0.3) is 5.85 Å². The predicted octanol–water partition coefficient (Wildman–Crippen LogP) is -1.60. The number of alkyl halides is 1. The lowest BCUT2D eigenvalue weighted by atomic mass is 10.1. The molecule has 0 radical (unpaired) electrons. The monoisotopic (exact) mass is 152 g/mol. The molecule has 1 aliphatic rings. The molecule has 0 aliphatic carbocycles. The van der Waals surface area contributed by atoms with Gasteiger partial charge in [0, 0.05) is 0 Å². The van der Waals surface area contributed by atoms with Crippen LogP contribution in [0.1, 0.15) is 0 Å². The van der Waals surface area contributed by atoms with Crippen LogP contribution in [0.25, 0.3) is 0 Å². The molecule has 0 aromatic rings. The molecule has 1 fully saturated rings. The highest BCUT2D eigenvalue weighted by atomic mass is 19.2. The van der Waals surface area contributed by atoms with E-state index in [4.69, 9.17) is 15.3 Å². The molecule has 0 spiro atoms. The van der Waals surface area contributed by atoms with Crippen molar-refractivity contribution in [3.05, 3.63) is 0 Å². The third kappa shape index (κ3) is 1.01. The van der Waals surface area contributed by atoms with E-state index >= 15 is 0 Å². The first-order chi connectivity index (χ1) is 4.59. The number of ether oxygens (including phenoxy) is 1. The first kappa shape index (κ1) is 7.87. The van der Waals surface area contributed by atoms with Crippen LogP contribution in [-0.2, 0) is 4.74 Å². The Kier molecular flexibility index (Phi) is 1.91. The minimum Gasteiger partial charge on any atom is -0.393 e. The molecule has 0 unspecified atom stereocenters. The Morgan fingerprint density at radius 3 is 2.50 bits per heavy atom. The van der Waals surface area contributed by atoms with Gasteiger partial charge >= 0.3 is 0 Å². The van der Waals surface area contributed by atoms with Gasteiger partial charge in [0.1, 0.15) is 12.2 Å². The summed E-state index contributed by atoms with van der Waals surface area (Å²) in [5, 5.41) is 25.8. The Morgan fingerprint density at radius 1 is 1.70 bits per heavy atom. The van der Waals surface area contributed by atoms with Crippen molar-refractivity contribution in [2.24, 2.45) is 0 Å². The van der Waals surface area contributed by atoms with Crippen molar-refractivity contribution in [1.29, 1.82) is 0 Å². The zero-order valence-electron chi connectivity index (χ0n) is 5.20. The van der Waals surface area contributed by atoms with Gasteiger partial charge in [-0.3, -0.25) is 0 Å². The zero-order chi connectivity index (χ0) is 7.78. The molecule has 3 N–H and O–H groups in total. The van der Waals surface area contributed by atoms with Crippen molar-refractivity contribution in [1.82, 2.24) is 0 Å². The van der Waals surface area contributed by atoms with Crippen LogP contribution in [0.5, 0.6) is 0 Å². The quantitative estimate of drug-likeness (QED) is 0.423. The third-order valence-electron chi connectivity index (χ3n) is 1.54. The highest BCUT2D eigenvalue weighted by molar-refractivity contribution is 4.89. The second-order valence-corrected chi connectivity index (χ2v) is 2.25. The third-order valence-corrected chi connectivity index (χ3v) is 1.54. The van der Waals surface area contributed by atoms with E-state index in [-0.39, 0.29) is 6.61 Å². The lowest BCUT2D eigenvalue weighted by Gasteiger charge is -2.19. The minimum atomic E-state index is -2.80. The SMILES string of the molecule is OC[C@H]1OC[C@@H](O)[C@@]1(O)F. The number of aliphatic hydroxyl groups excluding tert-OH is 2. The smallest absolute Gasteiger partial charge is 0.263 e. The molecule has 10 heavy (non-hydrogen) atoms. The van der Waals surface area contributed by atoms with E-state index < -0.39 is 24.7 Å². The number of hydrogen-bond acceptors (Lipinski definition) is 4. The summed E-state index contributed by atoms with van der Waals surface area (Å²) >= 11 is 0. The summed E-state index contributed by atoms with van der Waals surface area (Å²) in [4.78, 5) is 0. The van der Waals surface area contributed by atoms with E-state index in [1.807, 2.05) is 0 Å². The van der Waals surface area contributed by atoms with E-state index in [9.17, 15) is 4.39 Å². The maximum atomic E-state index is 12.7. The van der Waals surface area contributed by atoms with Gasteiger partial charge in [-0.25, -0.2) is 4.39 Å². The highest BCUT2D eigenvalue weighted by Gasteiger charge is 2.50. The fourth-order valence-corrected chi connectivity index (χ4v) is 0.836. The average molecular weight is 152 g/mol. The van der Waals surface area contributed by atoms with Gasteiger partial charge in [0.05, 0.1) is 13.2 Å². The van der Waals surface area contributed by atoms with Crippen LogP contribution in [0.15, 0.2) is 0 Å². The van der Waals surface area contributed by atoms with Crippen LogP contribution < -0.4 is 0 Å². The Labute approximate surface area is 56.9 Å². The Hall–Kier alpha value is -0.230.